The molecule has 2 atom stereocenters. The molecule has 0 aromatic heterocycles. The Balaban J connectivity index is 1.46. The summed E-state index contributed by atoms with van der Waals surface area (Å²) in [6.07, 6.45) is 1.58. The summed E-state index contributed by atoms with van der Waals surface area (Å²) in [5.74, 6) is 0.495. The maximum absolute atomic E-state index is 13.4. The lowest BCUT2D eigenvalue weighted by Gasteiger charge is -2.35. The van der Waals surface area contributed by atoms with E-state index in [4.69, 9.17) is 14.2 Å². The van der Waals surface area contributed by atoms with Gasteiger partial charge in [0, 0.05) is 56.1 Å². The van der Waals surface area contributed by atoms with Crippen molar-refractivity contribution in [3.63, 3.8) is 0 Å². The van der Waals surface area contributed by atoms with E-state index in [1.165, 1.54) is 23.5 Å². The topological polar surface area (TPSA) is 109 Å². The molecule has 1 amide bonds. The van der Waals surface area contributed by atoms with Crippen molar-refractivity contribution in [3.8, 4) is 5.75 Å². The fraction of sp³-hybridized carbons (Fsp3) is 0.464. The molecule has 2 aliphatic rings. The number of rotatable bonds is 11. The van der Waals surface area contributed by atoms with Crippen molar-refractivity contribution in [3.05, 3.63) is 70.4 Å². The van der Waals surface area contributed by atoms with Crippen molar-refractivity contribution in [2.24, 2.45) is 0 Å². The molecule has 2 aromatic carbocycles. The second-order valence-electron chi connectivity index (χ2n) is 9.74. The van der Waals surface area contributed by atoms with Crippen LogP contribution in [0.1, 0.15) is 17.9 Å². The zero-order valence-corrected chi connectivity index (χ0v) is 25.1. The number of sulfonamides is 1. The highest BCUT2D eigenvalue weighted by molar-refractivity contribution is 9.10. The van der Waals surface area contributed by atoms with Crippen LogP contribution in [0.25, 0.3) is 0 Å². The molecule has 1 saturated heterocycles. The molecule has 0 saturated carbocycles. The molecule has 0 bridgehead atoms. The first-order valence-electron chi connectivity index (χ1n) is 13.2. The van der Waals surface area contributed by atoms with Gasteiger partial charge in [0.2, 0.25) is 16.3 Å². The van der Waals surface area contributed by atoms with Crippen molar-refractivity contribution >= 4 is 31.9 Å². The molecule has 2 aromatic rings. The lowest BCUT2D eigenvalue weighted by atomic mass is 9.93. The summed E-state index contributed by atoms with van der Waals surface area (Å²) >= 11 is 3.47. The summed E-state index contributed by atoms with van der Waals surface area (Å²) < 4.78 is 45.8. The van der Waals surface area contributed by atoms with Crippen molar-refractivity contribution in [1.82, 2.24) is 14.1 Å². The number of allylic oxidation sites excluding steroid dienone is 1. The molecule has 4 rings (SSSR count). The molecule has 2 aliphatic heterocycles. The normalized spacial score (nSPS) is 20.2. The SMILES string of the molecule is COc1ccc(S(=O)(=O)N(CCO)CCO[C@H]2C[C@@H](c3ccc(Br)cc3)C=C(C(=O)N3CCN(C)CC3)O2)cc1. The number of benzene rings is 2. The van der Waals surface area contributed by atoms with Gasteiger partial charge in [-0.15, -0.1) is 0 Å². The number of piperazine rings is 1. The summed E-state index contributed by atoms with van der Waals surface area (Å²) in [7, 11) is -0.341. The number of ether oxygens (including phenoxy) is 3. The van der Waals surface area contributed by atoms with Gasteiger partial charge < -0.3 is 29.1 Å². The lowest BCUT2D eigenvalue weighted by molar-refractivity contribution is -0.153. The van der Waals surface area contributed by atoms with E-state index in [1.807, 2.05) is 37.4 Å². The summed E-state index contributed by atoms with van der Waals surface area (Å²) in [5, 5.41) is 9.55. The second-order valence-corrected chi connectivity index (χ2v) is 12.6. The second kappa shape index (κ2) is 13.9. The lowest BCUT2D eigenvalue weighted by Crippen LogP contribution is -2.48. The summed E-state index contributed by atoms with van der Waals surface area (Å²) in [5.41, 5.74) is 1.02. The number of carbonyl (C=O) groups excluding carboxylic acids is 1. The summed E-state index contributed by atoms with van der Waals surface area (Å²) in [6.45, 7) is 2.40. The van der Waals surface area contributed by atoms with Crippen LogP contribution in [0.5, 0.6) is 5.75 Å². The standard InChI is InChI=1S/C28H36BrN3O7S/c1-30-11-13-31(14-12-30)28(34)26-19-22(21-3-5-23(29)6-4-21)20-27(39-26)38-18-16-32(15-17-33)40(35,36)25-9-7-24(37-2)8-10-25/h3-10,19,22,27,33H,11-18,20H2,1-2H3/t22-,27+/m0/s1. The van der Waals surface area contributed by atoms with Gasteiger partial charge in [-0.1, -0.05) is 28.1 Å². The molecular formula is C28H36BrN3O7S. The highest BCUT2D eigenvalue weighted by atomic mass is 79.9. The first-order valence-corrected chi connectivity index (χ1v) is 15.4. The van der Waals surface area contributed by atoms with Crippen LogP contribution in [0.3, 0.4) is 0 Å². The van der Waals surface area contributed by atoms with Crippen LogP contribution in [-0.4, -0.2) is 106 Å². The number of amides is 1. The van der Waals surface area contributed by atoms with E-state index in [0.717, 1.165) is 23.1 Å². The predicted molar refractivity (Wildman–Crippen MR) is 153 cm³/mol. The van der Waals surface area contributed by atoms with E-state index in [0.29, 0.717) is 25.3 Å². The van der Waals surface area contributed by atoms with Gasteiger partial charge in [0.15, 0.2) is 5.76 Å². The van der Waals surface area contributed by atoms with Gasteiger partial charge in [0.1, 0.15) is 5.75 Å². The number of hydrogen-bond acceptors (Lipinski definition) is 8. The third-order valence-electron chi connectivity index (χ3n) is 7.05. The molecule has 0 radical (unpaired) electrons. The number of nitrogens with zero attached hydrogens (tertiary/aromatic N) is 3. The average molecular weight is 639 g/mol. The number of halogens is 1. The Morgan fingerprint density at radius 2 is 1.75 bits per heavy atom. The largest absolute Gasteiger partial charge is 0.497 e. The molecule has 10 nitrogen and oxygen atoms in total. The first-order chi connectivity index (χ1) is 19.2. The van der Waals surface area contributed by atoms with E-state index >= 15 is 0 Å². The third-order valence-corrected chi connectivity index (χ3v) is 9.49. The molecule has 218 valence electrons. The van der Waals surface area contributed by atoms with Crippen molar-refractivity contribution in [2.45, 2.75) is 23.5 Å². The van der Waals surface area contributed by atoms with Gasteiger partial charge in [0.05, 0.1) is 25.2 Å². The minimum atomic E-state index is -3.88. The zero-order valence-electron chi connectivity index (χ0n) is 22.7. The number of likely N-dealkylation sites (N-methyl/N-ethyl adjacent to an activating group) is 1. The van der Waals surface area contributed by atoms with Gasteiger partial charge in [-0.05, 0) is 55.1 Å². The third kappa shape index (κ3) is 7.62. The van der Waals surface area contributed by atoms with E-state index in [-0.39, 0.29) is 48.8 Å². The van der Waals surface area contributed by atoms with Crippen LogP contribution in [0.15, 0.2) is 69.7 Å². The summed E-state index contributed by atoms with van der Waals surface area (Å²) in [4.78, 5) is 17.4. The van der Waals surface area contributed by atoms with Crippen LogP contribution < -0.4 is 4.74 Å². The van der Waals surface area contributed by atoms with Gasteiger partial charge in [0.25, 0.3) is 5.91 Å². The van der Waals surface area contributed by atoms with Crippen LogP contribution in [0.4, 0.5) is 0 Å². The van der Waals surface area contributed by atoms with Crippen molar-refractivity contribution in [2.75, 3.05) is 66.6 Å². The molecule has 1 N–H and O–H groups in total. The Hall–Kier alpha value is -2.48. The number of aliphatic hydroxyl groups excluding tert-OH is 1. The molecule has 1 fully saturated rings. The van der Waals surface area contributed by atoms with Crippen LogP contribution >= 0.6 is 15.9 Å². The molecule has 12 heteroatoms. The van der Waals surface area contributed by atoms with Gasteiger partial charge in [-0.25, -0.2) is 8.42 Å². The van der Waals surface area contributed by atoms with Crippen molar-refractivity contribution < 1.29 is 32.5 Å². The molecule has 0 unspecified atom stereocenters. The minimum absolute atomic E-state index is 0.00316. The highest BCUT2D eigenvalue weighted by Gasteiger charge is 2.32. The summed E-state index contributed by atoms with van der Waals surface area (Å²) in [6, 6.07) is 14.0. The first kappa shape index (κ1) is 30.5. The Bertz CT molecular complexity index is 1260. The fourth-order valence-corrected chi connectivity index (χ4v) is 6.34. The monoisotopic (exact) mass is 637 g/mol. The van der Waals surface area contributed by atoms with Crippen LogP contribution in [-0.2, 0) is 24.3 Å². The van der Waals surface area contributed by atoms with E-state index in [9.17, 15) is 18.3 Å². The maximum atomic E-state index is 13.4. The molecular weight excluding hydrogens is 602 g/mol. The van der Waals surface area contributed by atoms with Crippen molar-refractivity contribution in [1.29, 1.82) is 0 Å². The quantitative estimate of drug-likeness (QED) is 0.401. The molecule has 0 spiro atoms. The Morgan fingerprint density at radius 1 is 1.07 bits per heavy atom. The van der Waals surface area contributed by atoms with Gasteiger partial charge in [-0.2, -0.15) is 4.31 Å². The Kier molecular flexibility index (Phi) is 10.6. The highest BCUT2D eigenvalue weighted by Crippen LogP contribution is 2.33. The van der Waals surface area contributed by atoms with E-state index in [2.05, 4.69) is 20.8 Å². The van der Waals surface area contributed by atoms with Gasteiger partial charge in [-0.3, -0.25) is 4.79 Å². The van der Waals surface area contributed by atoms with E-state index in [1.54, 1.807) is 17.0 Å². The van der Waals surface area contributed by atoms with E-state index < -0.39 is 16.3 Å². The predicted octanol–water partition coefficient (Wildman–Crippen LogP) is 2.65. The number of aliphatic hydroxyl groups is 1. The Labute approximate surface area is 244 Å². The average Bonchev–Trinajstić information content (AvgIpc) is 2.97. The number of methoxy groups -OCH3 is 1. The molecule has 40 heavy (non-hydrogen) atoms. The zero-order chi connectivity index (χ0) is 28.7. The fourth-order valence-electron chi connectivity index (χ4n) is 4.66. The molecule has 2 heterocycles. The van der Waals surface area contributed by atoms with Gasteiger partial charge >= 0.3 is 0 Å². The molecule has 0 aliphatic carbocycles. The number of hydrogen-bond donors (Lipinski definition) is 1. The maximum Gasteiger partial charge on any atom is 0.288 e. The smallest absolute Gasteiger partial charge is 0.288 e. The Morgan fingerprint density at radius 3 is 2.38 bits per heavy atom. The number of carbonyl (C=O) groups is 1. The van der Waals surface area contributed by atoms with Crippen LogP contribution in [0, 0.1) is 0 Å². The van der Waals surface area contributed by atoms with Crippen LogP contribution in [0.2, 0.25) is 0 Å². The minimum Gasteiger partial charge on any atom is -0.497 e.